The number of aromatic nitrogens is 1. The Balaban J connectivity index is 2.19. The monoisotopic (exact) mass is 348 g/mol. The minimum absolute atomic E-state index is 0.0402. The maximum atomic E-state index is 13.0. The molecule has 1 aromatic heterocycles. The van der Waals surface area contributed by atoms with Gasteiger partial charge in [-0.2, -0.15) is 18.4 Å². The second-order valence-electron chi connectivity index (χ2n) is 5.37. The van der Waals surface area contributed by atoms with Crippen molar-refractivity contribution in [2.24, 2.45) is 0 Å². The summed E-state index contributed by atoms with van der Waals surface area (Å²) in [4.78, 5) is 17.6. The van der Waals surface area contributed by atoms with E-state index in [1.54, 1.807) is 31.5 Å². The fraction of sp³-hybridized carbons (Fsp3) is 0.235. The molecule has 0 saturated heterocycles. The fourth-order valence-corrected chi connectivity index (χ4v) is 2.19. The van der Waals surface area contributed by atoms with Crippen LogP contribution in [0.1, 0.15) is 29.7 Å². The van der Waals surface area contributed by atoms with Crippen molar-refractivity contribution in [3.05, 3.63) is 59.4 Å². The molecule has 0 fully saturated rings. The molecule has 0 unspecified atom stereocenters. The number of nitrogens with zero attached hydrogens (tertiary/aromatic N) is 3. The summed E-state index contributed by atoms with van der Waals surface area (Å²) >= 11 is 0. The van der Waals surface area contributed by atoms with Crippen LogP contribution in [0.25, 0.3) is 0 Å². The highest BCUT2D eigenvalue weighted by Crippen LogP contribution is 2.33. The van der Waals surface area contributed by atoms with Crippen LogP contribution in [0.15, 0.2) is 42.7 Å². The summed E-state index contributed by atoms with van der Waals surface area (Å²) in [6.45, 7) is 1.77. The van der Waals surface area contributed by atoms with Gasteiger partial charge in [0.1, 0.15) is 0 Å². The number of anilines is 1. The molecule has 0 bridgehead atoms. The van der Waals surface area contributed by atoms with E-state index in [9.17, 15) is 18.0 Å². The van der Waals surface area contributed by atoms with Gasteiger partial charge in [-0.1, -0.05) is 6.07 Å². The maximum Gasteiger partial charge on any atom is 0.417 e. The molecule has 0 spiro atoms. The SMILES string of the molecule is C[C@H](c1cccnc1)N(C)C(=O)Nc1ccc(C#N)c(C(F)(F)F)c1. The van der Waals surface area contributed by atoms with Crippen molar-refractivity contribution in [1.82, 2.24) is 9.88 Å². The summed E-state index contributed by atoms with van der Waals surface area (Å²) in [7, 11) is 1.53. The van der Waals surface area contributed by atoms with Crippen molar-refractivity contribution in [3.8, 4) is 6.07 Å². The Hall–Kier alpha value is -3.08. The van der Waals surface area contributed by atoms with Crippen LogP contribution < -0.4 is 5.32 Å². The van der Waals surface area contributed by atoms with Crippen LogP contribution in [0.3, 0.4) is 0 Å². The van der Waals surface area contributed by atoms with E-state index in [2.05, 4.69) is 10.3 Å². The van der Waals surface area contributed by atoms with Crippen molar-refractivity contribution >= 4 is 11.7 Å². The molecule has 25 heavy (non-hydrogen) atoms. The van der Waals surface area contributed by atoms with Gasteiger partial charge in [0.05, 0.1) is 23.2 Å². The van der Waals surface area contributed by atoms with Crippen molar-refractivity contribution in [2.45, 2.75) is 19.1 Å². The molecule has 5 nitrogen and oxygen atoms in total. The topological polar surface area (TPSA) is 69.0 Å². The van der Waals surface area contributed by atoms with Gasteiger partial charge in [-0.25, -0.2) is 4.79 Å². The molecule has 130 valence electrons. The van der Waals surface area contributed by atoms with E-state index in [-0.39, 0.29) is 11.7 Å². The Morgan fingerprint density at radius 1 is 1.36 bits per heavy atom. The van der Waals surface area contributed by atoms with Crippen molar-refractivity contribution in [3.63, 3.8) is 0 Å². The third-order valence-electron chi connectivity index (χ3n) is 3.76. The van der Waals surface area contributed by atoms with Gasteiger partial charge in [0.15, 0.2) is 0 Å². The number of carbonyl (C=O) groups excluding carboxylic acids is 1. The zero-order chi connectivity index (χ0) is 18.6. The van der Waals surface area contributed by atoms with Gasteiger partial charge in [0.2, 0.25) is 0 Å². The third-order valence-corrected chi connectivity index (χ3v) is 3.76. The number of rotatable bonds is 3. The summed E-state index contributed by atoms with van der Waals surface area (Å²) in [6.07, 6.45) is -1.47. The van der Waals surface area contributed by atoms with Gasteiger partial charge in [-0.15, -0.1) is 0 Å². The molecule has 0 saturated carbocycles. The van der Waals surface area contributed by atoms with Crippen LogP contribution in [0.4, 0.5) is 23.7 Å². The van der Waals surface area contributed by atoms with Gasteiger partial charge in [0.25, 0.3) is 0 Å². The summed E-state index contributed by atoms with van der Waals surface area (Å²) < 4.78 is 38.9. The number of urea groups is 1. The summed E-state index contributed by atoms with van der Waals surface area (Å²) in [5, 5.41) is 11.2. The lowest BCUT2D eigenvalue weighted by Gasteiger charge is -2.25. The smallest absolute Gasteiger partial charge is 0.321 e. The average molecular weight is 348 g/mol. The van der Waals surface area contributed by atoms with Gasteiger partial charge < -0.3 is 10.2 Å². The van der Waals surface area contributed by atoms with E-state index in [0.717, 1.165) is 17.7 Å². The number of benzene rings is 1. The van der Waals surface area contributed by atoms with E-state index in [1.807, 2.05) is 0 Å². The van der Waals surface area contributed by atoms with E-state index in [1.165, 1.54) is 24.1 Å². The first kappa shape index (κ1) is 18.3. The van der Waals surface area contributed by atoms with E-state index >= 15 is 0 Å². The minimum atomic E-state index is -4.68. The van der Waals surface area contributed by atoms with Gasteiger partial charge >= 0.3 is 12.2 Å². The molecular formula is C17H15F3N4O. The molecule has 1 atom stereocenters. The van der Waals surface area contributed by atoms with Crippen LogP contribution in [-0.4, -0.2) is 23.0 Å². The molecule has 0 aliphatic carbocycles. The number of hydrogen-bond donors (Lipinski definition) is 1. The number of alkyl halides is 3. The fourth-order valence-electron chi connectivity index (χ4n) is 2.19. The number of hydrogen-bond acceptors (Lipinski definition) is 3. The average Bonchev–Trinajstić information content (AvgIpc) is 2.60. The molecule has 1 aromatic carbocycles. The highest BCUT2D eigenvalue weighted by Gasteiger charge is 2.34. The predicted octanol–water partition coefficient (Wildman–Crippen LogP) is 4.20. The molecule has 0 aliphatic heterocycles. The quantitative estimate of drug-likeness (QED) is 0.904. The van der Waals surface area contributed by atoms with Gasteiger partial charge in [0, 0.05) is 25.1 Å². The second kappa shape index (κ2) is 7.21. The molecular weight excluding hydrogens is 333 g/mol. The first-order valence-corrected chi connectivity index (χ1v) is 7.29. The largest absolute Gasteiger partial charge is 0.417 e. The zero-order valence-electron chi connectivity index (χ0n) is 13.5. The lowest BCUT2D eigenvalue weighted by molar-refractivity contribution is -0.137. The number of halogens is 3. The Bertz CT molecular complexity index is 800. The molecule has 1 N–H and O–H groups in total. The first-order chi connectivity index (χ1) is 11.7. The van der Waals surface area contributed by atoms with Crippen LogP contribution in [0, 0.1) is 11.3 Å². The van der Waals surface area contributed by atoms with Crippen LogP contribution in [-0.2, 0) is 6.18 Å². The Morgan fingerprint density at radius 2 is 2.08 bits per heavy atom. The molecule has 2 amide bonds. The normalized spacial score (nSPS) is 12.2. The van der Waals surface area contributed by atoms with E-state index in [0.29, 0.717) is 0 Å². The second-order valence-corrected chi connectivity index (χ2v) is 5.37. The molecule has 0 radical (unpaired) electrons. The van der Waals surface area contributed by atoms with E-state index in [4.69, 9.17) is 5.26 Å². The first-order valence-electron chi connectivity index (χ1n) is 7.29. The number of nitrogens with one attached hydrogen (secondary N) is 1. The molecule has 2 aromatic rings. The lowest BCUT2D eigenvalue weighted by atomic mass is 10.1. The van der Waals surface area contributed by atoms with Crippen LogP contribution >= 0.6 is 0 Å². The summed E-state index contributed by atoms with van der Waals surface area (Å²) in [6, 6.07) is 7.16. The molecule has 2 rings (SSSR count). The van der Waals surface area contributed by atoms with Gasteiger partial charge in [-0.05, 0) is 36.8 Å². The lowest BCUT2D eigenvalue weighted by Crippen LogP contribution is -2.33. The summed E-state index contributed by atoms with van der Waals surface area (Å²) in [5.74, 6) is 0. The number of amides is 2. The van der Waals surface area contributed by atoms with Crippen molar-refractivity contribution < 1.29 is 18.0 Å². The predicted molar refractivity (Wildman–Crippen MR) is 85.6 cm³/mol. The van der Waals surface area contributed by atoms with Crippen molar-refractivity contribution in [2.75, 3.05) is 12.4 Å². The highest BCUT2D eigenvalue weighted by atomic mass is 19.4. The third kappa shape index (κ3) is 4.26. The Labute approximate surface area is 142 Å². The van der Waals surface area contributed by atoms with Crippen LogP contribution in [0.2, 0.25) is 0 Å². The number of pyridine rings is 1. The Morgan fingerprint density at radius 3 is 2.64 bits per heavy atom. The number of carbonyl (C=O) groups is 1. The maximum absolute atomic E-state index is 13.0. The van der Waals surface area contributed by atoms with E-state index < -0.39 is 23.3 Å². The summed E-state index contributed by atoms with van der Waals surface area (Å²) in [5.41, 5.74) is -0.837. The zero-order valence-corrected chi connectivity index (χ0v) is 13.5. The molecule has 1 heterocycles. The van der Waals surface area contributed by atoms with Crippen molar-refractivity contribution in [1.29, 1.82) is 5.26 Å². The minimum Gasteiger partial charge on any atom is -0.321 e. The van der Waals surface area contributed by atoms with Crippen LogP contribution in [0.5, 0.6) is 0 Å². The molecule has 8 heteroatoms. The number of nitriles is 1. The highest BCUT2D eigenvalue weighted by molar-refractivity contribution is 5.89. The van der Waals surface area contributed by atoms with Gasteiger partial charge in [-0.3, -0.25) is 4.98 Å². The molecule has 0 aliphatic rings. The standard InChI is InChI=1S/C17H15F3N4O/c1-11(13-4-3-7-22-10-13)24(2)16(25)23-14-6-5-12(9-21)15(8-14)17(18,19)20/h3-8,10-11H,1-2H3,(H,23,25)/t11-/m1/s1. The Kier molecular flexibility index (Phi) is 5.27.